The summed E-state index contributed by atoms with van der Waals surface area (Å²) in [6, 6.07) is 2.42. The van der Waals surface area contributed by atoms with Crippen LogP contribution in [0.4, 0.5) is 22.0 Å². The van der Waals surface area contributed by atoms with Crippen LogP contribution in [0.5, 0.6) is 5.88 Å². The highest BCUT2D eigenvalue weighted by Gasteiger charge is 2.34. The lowest BCUT2D eigenvalue weighted by atomic mass is 10.1. The normalized spacial score (nSPS) is 11.4. The molecule has 0 N–H and O–H groups in total. The minimum absolute atomic E-state index is 0.0798. The van der Waals surface area contributed by atoms with Gasteiger partial charge in [-0.3, -0.25) is 0 Å². The number of aromatic nitrogens is 1. The topological polar surface area (TPSA) is 45.9 Å². The quantitative estimate of drug-likeness (QED) is 0.459. The first kappa shape index (κ1) is 14.9. The Labute approximate surface area is 112 Å². The van der Waals surface area contributed by atoms with E-state index in [4.69, 9.17) is 5.26 Å². The van der Waals surface area contributed by atoms with Crippen molar-refractivity contribution in [1.29, 1.82) is 5.26 Å². The number of pyridine rings is 1. The summed E-state index contributed by atoms with van der Waals surface area (Å²) in [6.07, 6.45) is -8.71. The van der Waals surface area contributed by atoms with E-state index < -0.39 is 36.2 Å². The lowest BCUT2D eigenvalue weighted by molar-refractivity contribution is -0.276. The molecule has 1 heterocycles. The first-order chi connectivity index (χ1) is 8.24. The molecule has 0 amide bonds. The molecule has 1 aromatic rings. The Bertz CT molecular complexity index is 483. The zero-order valence-corrected chi connectivity index (χ0v) is 10.6. The summed E-state index contributed by atoms with van der Waals surface area (Å²) >= 11 is 1.49. The van der Waals surface area contributed by atoms with Crippen LogP contribution in [0.2, 0.25) is 0 Å². The Morgan fingerprint density at radius 1 is 1.44 bits per heavy atom. The molecule has 0 aliphatic rings. The minimum atomic E-state index is -5.05. The van der Waals surface area contributed by atoms with Gasteiger partial charge in [0.15, 0.2) is 0 Å². The van der Waals surface area contributed by atoms with Gasteiger partial charge >= 0.3 is 6.36 Å². The van der Waals surface area contributed by atoms with Gasteiger partial charge in [-0.2, -0.15) is 5.26 Å². The molecule has 0 saturated heterocycles. The molecule has 0 aliphatic carbocycles. The highest BCUT2D eigenvalue weighted by atomic mass is 127. The Balaban J connectivity index is 3.34. The zero-order valence-electron chi connectivity index (χ0n) is 8.43. The third-order valence-corrected chi connectivity index (χ3v) is 2.35. The molecule has 98 valence electrons. The summed E-state index contributed by atoms with van der Waals surface area (Å²) in [5, 5.41) is 8.46. The number of halogens is 6. The Morgan fingerprint density at radius 3 is 2.50 bits per heavy atom. The van der Waals surface area contributed by atoms with Gasteiger partial charge < -0.3 is 4.74 Å². The maximum Gasteiger partial charge on any atom is 0.574 e. The highest BCUT2D eigenvalue weighted by Crippen LogP contribution is 2.33. The summed E-state index contributed by atoms with van der Waals surface area (Å²) in [5.41, 5.74) is -1.24. The van der Waals surface area contributed by atoms with Crippen molar-refractivity contribution in [2.75, 3.05) is 0 Å². The van der Waals surface area contributed by atoms with Gasteiger partial charge in [0.05, 0.1) is 12.5 Å². The molecule has 0 aromatic carbocycles. The number of nitrogens with zero attached hydrogens (tertiary/aromatic N) is 2. The van der Waals surface area contributed by atoms with Crippen molar-refractivity contribution < 1.29 is 26.7 Å². The predicted octanol–water partition coefficient (Wildman–Crippen LogP) is 3.59. The molecule has 0 atom stereocenters. The van der Waals surface area contributed by atoms with E-state index in [0.717, 1.165) is 6.07 Å². The molecule has 0 unspecified atom stereocenters. The molecule has 0 fully saturated rings. The van der Waals surface area contributed by atoms with Crippen LogP contribution in [-0.4, -0.2) is 11.3 Å². The smallest absolute Gasteiger partial charge is 0.387 e. The largest absolute Gasteiger partial charge is 0.574 e. The van der Waals surface area contributed by atoms with Crippen molar-refractivity contribution in [3.8, 4) is 11.9 Å². The Morgan fingerprint density at radius 2 is 2.06 bits per heavy atom. The maximum absolute atomic E-state index is 12.7. The van der Waals surface area contributed by atoms with E-state index in [0.29, 0.717) is 0 Å². The Hall–Kier alpha value is -1.18. The van der Waals surface area contributed by atoms with Gasteiger partial charge in [0.25, 0.3) is 6.43 Å². The van der Waals surface area contributed by atoms with Crippen molar-refractivity contribution in [3.05, 3.63) is 20.9 Å². The van der Waals surface area contributed by atoms with Crippen molar-refractivity contribution in [1.82, 2.24) is 4.98 Å². The van der Waals surface area contributed by atoms with Gasteiger partial charge in [0, 0.05) is 11.1 Å². The SMILES string of the molecule is N#CCc1c(C(F)F)cc(I)nc1OC(F)(F)F. The van der Waals surface area contributed by atoms with Crippen LogP contribution in [0.25, 0.3) is 0 Å². The minimum Gasteiger partial charge on any atom is -0.387 e. The monoisotopic (exact) mass is 378 g/mol. The molecule has 0 aliphatic heterocycles. The number of hydrogen-bond acceptors (Lipinski definition) is 3. The predicted molar refractivity (Wildman–Crippen MR) is 57.9 cm³/mol. The fraction of sp³-hybridized carbons (Fsp3) is 0.333. The lowest BCUT2D eigenvalue weighted by Crippen LogP contribution is -2.20. The van der Waals surface area contributed by atoms with E-state index in [2.05, 4.69) is 9.72 Å². The second-order valence-electron chi connectivity index (χ2n) is 3.00. The van der Waals surface area contributed by atoms with E-state index in [1.54, 1.807) is 0 Å². The Kier molecular flexibility index (Phi) is 4.66. The van der Waals surface area contributed by atoms with Crippen LogP contribution in [0.15, 0.2) is 6.07 Å². The average molecular weight is 378 g/mol. The van der Waals surface area contributed by atoms with E-state index >= 15 is 0 Å². The summed E-state index contributed by atoms with van der Waals surface area (Å²) in [4.78, 5) is 3.38. The van der Waals surface area contributed by atoms with Crippen molar-refractivity contribution >= 4 is 22.6 Å². The van der Waals surface area contributed by atoms with Crippen molar-refractivity contribution in [3.63, 3.8) is 0 Å². The van der Waals surface area contributed by atoms with Crippen LogP contribution in [-0.2, 0) is 6.42 Å². The first-order valence-electron chi connectivity index (χ1n) is 4.34. The van der Waals surface area contributed by atoms with Gasteiger partial charge in [-0.25, -0.2) is 13.8 Å². The van der Waals surface area contributed by atoms with Crippen LogP contribution >= 0.6 is 22.6 Å². The molecule has 1 rings (SSSR count). The van der Waals surface area contributed by atoms with Gasteiger partial charge in [-0.15, -0.1) is 13.2 Å². The van der Waals surface area contributed by atoms with Crippen LogP contribution < -0.4 is 4.74 Å². The van der Waals surface area contributed by atoms with E-state index in [1.807, 2.05) is 0 Å². The number of rotatable bonds is 3. The lowest BCUT2D eigenvalue weighted by Gasteiger charge is -2.14. The molecule has 18 heavy (non-hydrogen) atoms. The maximum atomic E-state index is 12.7. The molecule has 0 bridgehead atoms. The third-order valence-electron chi connectivity index (χ3n) is 1.79. The van der Waals surface area contributed by atoms with Crippen molar-refractivity contribution in [2.45, 2.75) is 19.2 Å². The van der Waals surface area contributed by atoms with Crippen LogP contribution in [0, 0.1) is 15.0 Å². The zero-order chi connectivity index (χ0) is 13.9. The molecule has 0 spiro atoms. The van der Waals surface area contributed by atoms with Crippen LogP contribution in [0.1, 0.15) is 17.6 Å². The second kappa shape index (κ2) is 5.64. The highest BCUT2D eigenvalue weighted by molar-refractivity contribution is 14.1. The summed E-state index contributed by atoms with van der Waals surface area (Å²) in [6.45, 7) is 0. The van der Waals surface area contributed by atoms with E-state index in [1.165, 1.54) is 28.7 Å². The molecule has 9 heteroatoms. The van der Waals surface area contributed by atoms with Crippen LogP contribution in [0.3, 0.4) is 0 Å². The van der Waals surface area contributed by atoms with Gasteiger partial charge in [0.2, 0.25) is 5.88 Å². The van der Waals surface area contributed by atoms with E-state index in [-0.39, 0.29) is 3.70 Å². The van der Waals surface area contributed by atoms with E-state index in [9.17, 15) is 22.0 Å². The second-order valence-corrected chi connectivity index (χ2v) is 4.11. The first-order valence-corrected chi connectivity index (χ1v) is 5.42. The number of hydrogen-bond donors (Lipinski definition) is 0. The summed E-state index contributed by atoms with van der Waals surface area (Å²) < 4.78 is 65.1. The number of ether oxygens (including phenoxy) is 1. The van der Waals surface area contributed by atoms with Gasteiger partial charge in [0.1, 0.15) is 3.70 Å². The standard InChI is InChI=1S/C9H4F5IN2O/c10-7(11)5-3-6(15)17-8(4(5)1-2-16)18-9(12,13)14/h3,7H,1H2. The molecular weight excluding hydrogens is 374 g/mol. The number of nitriles is 1. The van der Waals surface area contributed by atoms with Gasteiger partial charge in [-0.1, -0.05) is 0 Å². The summed E-state index contributed by atoms with van der Waals surface area (Å²) in [7, 11) is 0. The number of alkyl halides is 5. The molecule has 0 radical (unpaired) electrons. The molecule has 1 aromatic heterocycles. The van der Waals surface area contributed by atoms with Gasteiger partial charge in [-0.05, 0) is 28.7 Å². The molecular formula is C9H4F5IN2O. The molecule has 3 nitrogen and oxygen atoms in total. The third kappa shape index (κ3) is 3.94. The fourth-order valence-electron chi connectivity index (χ4n) is 1.18. The van der Waals surface area contributed by atoms with Crippen molar-refractivity contribution in [2.24, 2.45) is 0 Å². The fourth-order valence-corrected chi connectivity index (χ4v) is 1.74. The molecule has 0 saturated carbocycles. The average Bonchev–Trinajstić information content (AvgIpc) is 2.19. The summed E-state index contributed by atoms with van der Waals surface area (Å²) in [5.74, 6) is -1.01.